The molecule has 0 unspecified atom stereocenters. The first-order valence-corrected chi connectivity index (χ1v) is 7.40. The molecule has 0 spiro atoms. The molecule has 5 heteroatoms. The number of fused-ring (bicyclic) bond motifs is 1. The predicted molar refractivity (Wildman–Crippen MR) is 72.5 cm³/mol. The van der Waals surface area contributed by atoms with E-state index < -0.39 is 5.54 Å². The molecule has 2 aliphatic rings. The van der Waals surface area contributed by atoms with Gasteiger partial charge in [-0.3, -0.25) is 9.69 Å². The Morgan fingerprint density at radius 2 is 2.39 bits per heavy atom. The number of hydrogen-bond acceptors (Lipinski definition) is 4. The zero-order chi connectivity index (χ0) is 12.6. The maximum atomic E-state index is 11.7. The first-order valence-electron chi connectivity index (χ1n) is 6.52. The standard InChI is InChI=1S/C13H19N3OS/c14-13(3-4-13)12(17)15-5-7-16-6-1-11-10(9-16)2-8-18-11/h2,8H,1,3-7,9,14H2,(H,15,17). The molecule has 1 amide bonds. The van der Waals surface area contributed by atoms with Gasteiger partial charge in [0.05, 0.1) is 5.54 Å². The van der Waals surface area contributed by atoms with Crippen molar-refractivity contribution in [3.63, 3.8) is 0 Å². The quantitative estimate of drug-likeness (QED) is 0.843. The van der Waals surface area contributed by atoms with Crippen LogP contribution in [0.1, 0.15) is 23.3 Å². The summed E-state index contributed by atoms with van der Waals surface area (Å²) in [5, 5.41) is 5.12. The van der Waals surface area contributed by atoms with Crippen molar-refractivity contribution in [3.05, 3.63) is 21.9 Å². The molecule has 4 nitrogen and oxygen atoms in total. The lowest BCUT2D eigenvalue weighted by Crippen LogP contribution is -2.45. The minimum Gasteiger partial charge on any atom is -0.353 e. The molecule has 98 valence electrons. The molecule has 1 aliphatic heterocycles. The topological polar surface area (TPSA) is 58.4 Å². The summed E-state index contributed by atoms with van der Waals surface area (Å²) in [6.07, 6.45) is 2.81. The van der Waals surface area contributed by atoms with Crippen molar-refractivity contribution in [2.45, 2.75) is 31.3 Å². The van der Waals surface area contributed by atoms with Gasteiger partial charge in [0.15, 0.2) is 0 Å². The second-order valence-corrected chi connectivity index (χ2v) is 6.31. The highest BCUT2D eigenvalue weighted by atomic mass is 32.1. The van der Waals surface area contributed by atoms with Crippen molar-refractivity contribution < 1.29 is 4.79 Å². The van der Waals surface area contributed by atoms with E-state index in [0.717, 1.165) is 38.9 Å². The van der Waals surface area contributed by atoms with Gasteiger partial charge in [-0.05, 0) is 36.3 Å². The highest BCUT2D eigenvalue weighted by Gasteiger charge is 2.45. The van der Waals surface area contributed by atoms with Crippen LogP contribution in [0.15, 0.2) is 11.4 Å². The molecule has 0 atom stereocenters. The van der Waals surface area contributed by atoms with Crippen molar-refractivity contribution in [1.29, 1.82) is 0 Å². The Morgan fingerprint density at radius 1 is 1.56 bits per heavy atom. The van der Waals surface area contributed by atoms with E-state index in [9.17, 15) is 4.79 Å². The van der Waals surface area contributed by atoms with Gasteiger partial charge in [-0.15, -0.1) is 11.3 Å². The third-order valence-corrected chi connectivity index (χ3v) is 4.86. The van der Waals surface area contributed by atoms with Crippen LogP contribution in [0.3, 0.4) is 0 Å². The minimum absolute atomic E-state index is 0.0238. The molecular weight excluding hydrogens is 246 g/mol. The van der Waals surface area contributed by atoms with Gasteiger partial charge in [-0.2, -0.15) is 0 Å². The summed E-state index contributed by atoms with van der Waals surface area (Å²) in [7, 11) is 0. The molecular formula is C13H19N3OS. The minimum atomic E-state index is -0.539. The van der Waals surface area contributed by atoms with Crippen LogP contribution in [-0.2, 0) is 17.8 Å². The molecule has 0 aromatic carbocycles. The molecule has 1 fully saturated rings. The maximum absolute atomic E-state index is 11.7. The number of amides is 1. The van der Waals surface area contributed by atoms with Crippen LogP contribution in [0.4, 0.5) is 0 Å². The van der Waals surface area contributed by atoms with Gasteiger partial charge in [-0.25, -0.2) is 0 Å². The first-order chi connectivity index (χ1) is 8.67. The third-order valence-electron chi connectivity index (χ3n) is 3.84. The van der Waals surface area contributed by atoms with E-state index in [2.05, 4.69) is 21.7 Å². The Hall–Kier alpha value is -0.910. The molecule has 0 saturated heterocycles. The average molecular weight is 265 g/mol. The summed E-state index contributed by atoms with van der Waals surface area (Å²) in [4.78, 5) is 15.6. The molecule has 0 radical (unpaired) electrons. The average Bonchev–Trinajstić information content (AvgIpc) is 2.95. The molecule has 1 aromatic heterocycles. The third kappa shape index (κ3) is 2.43. The summed E-state index contributed by atoms with van der Waals surface area (Å²) in [5.41, 5.74) is 6.75. The summed E-state index contributed by atoms with van der Waals surface area (Å²) < 4.78 is 0. The number of hydrogen-bond donors (Lipinski definition) is 2. The summed E-state index contributed by atoms with van der Waals surface area (Å²) in [5.74, 6) is 0.0238. The van der Waals surface area contributed by atoms with Gasteiger partial charge in [0, 0.05) is 31.1 Å². The van der Waals surface area contributed by atoms with E-state index in [1.54, 1.807) is 0 Å². The lowest BCUT2D eigenvalue weighted by molar-refractivity contribution is -0.123. The molecule has 3 N–H and O–H groups in total. The van der Waals surface area contributed by atoms with Crippen LogP contribution in [0.2, 0.25) is 0 Å². The number of carbonyl (C=O) groups excluding carboxylic acids is 1. The fourth-order valence-electron chi connectivity index (χ4n) is 2.36. The van der Waals surface area contributed by atoms with Crippen molar-refractivity contribution in [2.24, 2.45) is 5.73 Å². The highest BCUT2D eigenvalue weighted by Crippen LogP contribution is 2.32. The zero-order valence-electron chi connectivity index (χ0n) is 10.4. The Kier molecular flexibility index (Phi) is 3.13. The van der Waals surface area contributed by atoms with Crippen LogP contribution < -0.4 is 11.1 Å². The van der Waals surface area contributed by atoms with E-state index >= 15 is 0 Å². The van der Waals surface area contributed by atoms with Crippen molar-refractivity contribution in [3.8, 4) is 0 Å². The Balaban J connectivity index is 1.43. The van der Waals surface area contributed by atoms with Crippen LogP contribution >= 0.6 is 11.3 Å². The number of rotatable bonds is 4. The molecule has 2 heterocycles. The summed E-state index contributed by atoms with van der Waals surface area (Å²) in [6.45, 7) is 3.73. The van der Waals surface area contributed by atoms with Gasteiger partial charge < -0.3 is 11.1 Å². The second kappa shape index (κ2) is 4.64. The number of thiophene rings is 1. The van der Waals surface area contributed by atoms with E-state index in [0.29, 0.717) is 6.54 Å². The van der Waals surface area contributed by atoms with E-state index in [1.807, 2.05) is 11.3 Å². The lowest BCUT2D eigenvalue weighted by Gasteiger charge is -2.26. The van der Waals surface area contributed by atoms with Crippen molar-refractivity contribution in [2.75, 3.05) is 19.6 Å². The van der Waals surface area contributed by atoms with Crippen LogP contribution in [0, 0.1) is 0 Å². The molecule has 18 heavy (non-hydrogen) atoms. The van der Waals surface area contributed by atoms with Gasteiger partial charge in [-0.1, -0.05) is 0 Å². The van der Waals surface area contributed by atoms with Crippen molar-refractivity contribution >= 4 is 17.2 Å². The van der Waals surface area contributed by atoms with Gasteiger partial charge in [0.1, 0.15) is 0 Å². The Bertz CT molecular complexity index is 453. The van der Waals surface area contributed by atoms with E-state index in [-0.39, 0.29) is 5.91 Å². The second-order valence-electron chi connectivity index (χ2n) is 5.31. The number of nitrogens with zero attached hydrogens (tertiary/aromatic N) is 1. The van der Waals surface area contributed by atoms with Gasteiger partial charge in [0.25, 0.3) is 0 Å². The van der Waals surface area contributed by atoms with Gasteiger partial charge in [0.2, 0.25) is 5.91 Å². The molecule has 0 bridgehead atoms. The summed E-state index contributed by atoms with van der Waals surface area (Å²) >= 11 is 1.85. The number of nitrogens with one attached hydrogen (secondary N) is 1. The smallest absolute Gasteiger partial charge is 0.240 e. The van der Waals surface area contributed by atoms with E-state index in [1.165, 1.54) is 10.4 Å². The molecule has 1 aliphatic carbocycles. The van der Waals surface area contributed by atoms with Gasteiger partial charge >= 0.3 is 0 Å². The van der Waals surface area contributed by atoms with Crippen molar-refractivity contribution in [1.82, 2.24) is 10.2 Å². The number of nitrogens with two attached hydrogens (primary N) is 1. The lowest BCUT2D eigenvalue weighted by atomic mass is 10.1. The maximum Gasteiger partial charge on any atom is 0.240 e. The van der Waals surface area contributed by atoms with E-state index in [4.69, 9.17) is 5.73 Å². The highest BCUT2D eigenvalue weighted by molar-refractivity contribution is 7.10. The first kappa shape index (κ1) is 12.1. The monoisotopic (exact) mass is 265 g/mol. The number of carbonyl (C=O) groups is 1. The normalized spacial score (nSPS) is 21.4. The fraction of sp³-hybridized carbons (Fsp3) is 0.615. The van der Waals surface area contributed by atoms with Crippen LogP contribution in [0.5, 0.6) is 0 Å². The Labute approximate surface area is 111 Å². The van der Waals surface area contributed by atoms with Crippen LogP contribution in [0.25, 0.3) is 0 Å². The predicted octanol–water partition coefficient (Wildman–Crippen LogP) is 0.714. The molecule has 1 saturated carbocycles. The zero-order valence-corrected chi connectivity index (χ0v) is 11.3. The fourth-order valence-corrected chi connectivity index (χ4v) is 3.25. The van der Waals surface area contributed by atoms with Crippen LogP contribution in [-0.4, -0.2) is 36.0 Å². The molecule has 3 rings (SSSR count). The summed E-state index contributed by atoms with van der Waals surface area (Å²) in [6, 6.07) is 2.21. The SMILES string of the molecule is NC1(C(=O)NCCN2CCc3sccc3C2)CC1. The Morgan fingerprint density at radius 3 is 3.17 bits per heavy atom. The largest absolute Gasteiger partial charge is 0.353 e. The molecule has 1 aromatic rings.